The van der Waals surface area contributed by atoms with Crippen molar-refractivity contribution in [2.75, 3.05) is 20.3 Å². The van der Waals surface area contributed by atoms with E-state index in [9.17, 15) is 0 Å². The summed E-state index contributed by atoms with van der Waals surface area (Å²) in [7, 11) is 1.59. The first-order valence-electron chi connectivity index (χ1n) is 9.58. The van der Waals surface area contributed by atoms with Crippen LogP contribution >= 0.6 is 0 Å². The van der Waals surface area contributed by atoms with E-state index in [0.717, 1.165) is 17.9 Å². The first-order chi connectivity index (χ1) is 13.9. The summed E-state index contributed by atoms with van der Waals surface area (Å²) in [5.41, 5.74) is 0.901. The van der Waals surface area contributed by atoms with Crippen molar-refractivity contribution in [1.29, 1.82) is 0 Å². The molecule has 0 atom stereocenters. The van der Waals surface area contributed by atoms with E-state index in [4.69, 9.17) is 20.3 Å². The third kappa shape index (κ3) is 6.75. The van der Waals surface area contributed by atoms with E-state index < -0.39 is 0 Å². The minimum Gasteiger partial charge on any atom is -0.493 e. The number of hydrogen-bond acceptors (Lipinski definition) is 5. The van der Waals surface area contributed by atoms with E-state index in [0.29, 0.717) is 36.4 Å². The Bertz CT molecular complexity index is 860. The predicted octanol–water partition coefficient (Wildman–Crippen LogP) is 3.25. The van der Waals surface area contributed by atoms with Crippen molar-refractivity contribution in [2.24, 2.45) is 4.99 Å². The van der Waals surface area contributed by atoms with Gasteiger partial charge in [-0.2, -0.15) is 0 Å². The number of nitrogens with one attached hydrogen (secondary N) is 2. The highest BCUT2D eigenvalue weighted by atomic mass is 16.5. The number of guanidine groups is 1. The van der Waals surface area contributed by atoms with Crippen molar-refractivity contribution in [1.82, 2.24) is 15.6 Å². The van der Waals surface area contributed by atoms with Gasteiger partial charge >= 0.3 is 0 Å². The number of aliphatic imine (C=N–C) groups is 1. The molecule has 0 aliphatic carbocycles. The molecule has 29 heavy (non-hydrogen) atoms. The van der Waals surface area contributed by atoms with Crippen LogP contribution in [0.2, 0.25) is 0 Å². The SMILES string of the molecule is C#CCOc1cc(CN=C(NCC)NCc2ncc(C(C)(C)C)o2)ccc1OC. The van der Waals surface area contributed by atoms with E-state index in [1.807, 2.05) is 25.1 Å². The molecule has 7 heteroatoms. The van der Waals surface area contributed by atoms with Crippen LogP contribution in [0, 0.1) is 12.3 Å². The molecule has 0 aliphatic heterocycles. The largest absolute Gasteiger partial charge is 0.493 e. The van der Waals surface area contributed by atoms with Gasteiger partial charge in [0.2, 0.25) is 5.89 Å². The molecular weight excluding hydrogens is 368 g/mol. The topological polar surface area (TPSA) is 80.9 Å². The van der Waals surface area contributed by atoms with Crippen molar-refractivity contribution in [3.05, 3.63) is 41.6 Å². The van der Waals surface area contributed by atoms with Crippen molar-refractivity contribution in [3.63, 3.8) is 0 Å². The summed E-state index contributed by atoms with van der Waals surface area (Å²) in [6, 6.07) is 5.67. The minimum atomic E-state index is -0.0720. The Hall–Kier alpha value is -3.14. The third-order valence-electron chi connectivity index (χ3n) is 4.00. The van der Waals surface area contributed by atoms with Crippen molar-refractivity contribution >= 4 is 5.96 Å². The van der Waals surface area contributed by atoms with Gasteiger partial charge in [-0.1, -0.05) is 32.8 Å². The van der Waals surface area contributed by atoms with Gasteiger partial charge in [0.25, 0.3) is 0 Å². The Morgan fingerprint density at radius 2 is 2.07 bits per heavy atom. The zero-order valence-electron chi connectivity index (χ0n) is 17.8. The maximum atomic E-state index is 5.82. The lowest BCUT2D eigenvalue weighted by molar-refractivity contribution is 0.330. The Kier molecular flexibility index (Phi) is 7.96. The van der Waals surface area contributed by atoms with Crippen LogP contribution in [0.3, 0.4) is 0 Å². The molecule has 0 saturated carbocycles. The summed E-state index contributed by atoms with van der Waals surface area (Å²) in [6.07, 6.45) is 7.05. The monoisotopic (exact) mass is 398 g/mol. The fraction of sp³-hybridized carbons (Fsp3) is 0.455. The maximum Gasteiger partial charge on any atom is 0.213 e. The van der Waals surface area contributed by atoms with Gasteiger partial charge in [0.1, 0.15) is 12.4 Å². The number of ether oxygens (including phenoxy) is 2. The van der Waals surface area contributed by atoms with Crippen LogP contribution < -0.4 is 20.1 Å². The van der Waals surface area contributed by atoms with E-state index >= 15 is 0 Å². The molecule has 2 aromatic rings. The van der Waals surface area contributed by atoms with Crippen molar-refractivity contribution in [2.45, 2.75) is 46.2 Å². The summed E-state index contributed by atoms with van der Waals surface area (Å²) in [6.45, 7) is 10.1. The Morgan fingerprint density at radius 1 is 1.28 bits per heavy atom. The number of oxazole rings is 1. The summed E-state index contributed by atoms with van der Waals surface area (Å²) in [5.74, 6) is 5.84. The Labute approximate surface area is 172 Å². The summed E-state index contributed by atoms with van der Waals surface area (Å²) >= 11 is 0. The molecular formula is C22H30N4O3. The van der Waals surface area contributed by atoms with Gasteiger partial charge in [0.15, 0.2) is 17.5 Å². The second kappa shape index (κ2) is 10.4. The number of methoxy groups -OCH3 is 1. The fourth-order valence-electron chi connectivity index (χ4n) is 2.46. The molecule has 0 bridgehead atoms. The molecule has 1 aromatic carbocycles. The average molecular weight is 399 g/mol. The molecule has 0 unspecified atom stereocenters. The maximum absolute atomic E-state index is 5.82. The molecule has 0 spiro atoms. The summed E-state index contributed by atoms with van der Waals surface area (Å²) < 4.78 is 16.7. The number of hydrogen-bond donors (Lipinski definition) is 2. The highest BCUT2D eigenvalue weighted by molar-refractivity contribution is 5.79. The fourth-order valence-corrected chi connectivity index (χ4v) is 2.46. The zero-order valence-corrected chi connectivity index (χ0v) is 17.8. The van der Waals surface area contributed by atoms with Gasteiger partial charge in [-0.25, -0.2) is 9.98 Å². The smallest absolute Gasteiger partial charge is 0.213 e. The number of aromatic nitrogens is 1. The molecule has 0 fully saturated rings. The lowest BCUT2D eigenvalue weighted by Crippen LogP contribution is -2.36. The number of terminal acetylenes is 1. The van der Waals surface area contributed by atoms with Crippen LogP contribution in [0.15, 0.2) is 33.8 Å². The van der Waals surface area contributed by atoms with Gasteiger partial charge in [-0.15, -0.1) is 6.42 Å². The summed E-state index contributed by atoms with van der Waals surface area (Å²) in [5, 5.41) is 6.46. The molecule has 1 heterocycles. The van der Waals surface area contributed by atoms with Gasteiger partial charge in [0.05, 0.1) is 26.4 Å². The average Bonchev–Trinajstić information content (AvgIpc) is 3.18. The Morgan fingerprint density at radius 3 is 2.69 bits per heavy atom. The lowest BCUT2D eigenvalue weighted by atomic mass is 9.94. The Balaban J connectivity index is 2.05. The van der Waals surface area contributed by atoms with Crippen molar-refractivity contribution < 1.29 is 13.9 Å². The molecule has 1 aromatic heterocycles. The van der Waals surface area contributed by atoms with E-state index in [-0.39, 0.29) is 12.0 Å². The van der Waals surface area contributed by atoms with Crippen molar-refractivity contribution in [3.8, 4) is 23.8 Å². The van der Waals surface area contributed by atoms with Crippen LogP contribution in [0.4, 0.5) is 0 Å². The standard InChI is InChI=1S/C22H30N4O3/c1-7-11-28-18-12-16(9-10-17(18)27-6)13-25-21(23-8-2)26-15-20-24-14-19(29-20)22(3,4)5/h1,9-10,12,14H,8,11,13,15H2,2-6H3,(H2,23,25,26). The summed E-state index contributed by atoms with van der Waals surface area (Å²) in [4.78, 5) is 8.95. The minimum absolute atomic E-state index is 0.0720. The molecule has 2 rings (SSSR count). The first-order valence-corrected chi connectivity index (χ1v) is 9.58. The second-order valence-electron chi connectivity index (χ2n) is 7.39. The van der Waals surface area contributed by atoms with Gasteiger partial charge in [-0.3, -0.25) is 0 Å². The number of benzene rings is 1. The van der Waals surface area contributed by atoms with Crippen LogP contribution in [0.5, 0.6) is 11.5 Å². The van der Waals surface area contributed by atoms with Crippen LogP contribution in [-0.4, -0.2) is 31.2 Å². The molecule has 156 valence electrons. The third-order valence-corrected chi connectivity index (χ3v) is 4.00. The zero-order chi connectivity index (χ0) is 21.3. The highest BCUT2D eigenvalue weighted by Crippen LogP contribution is 2.28. The molecule has 0 amide bonds. The number of rotatable bonds is 8. The molecule has 2 N–H and O–H groups in total. The van der Waals surface area contributed by atoms with Crippen LogP contribution in [0.1, 0.15) is 44.9 Å². The highest BCUT2D eigenvalue weighted by Gasteiger charge is 2.19. The van der Waals surface area contributed by atoms with Gasteiger partial charge in [0, 0.05) is 12.0 Å². The van der Waals surface area contributed by atoms with E-state index in [2.05, 4.69) is 47.3 Å². The van der Waals surface area contributed by atoms with E-state index in [1.54, 1.807) is 13.3 Å². The normalized spacial score (nSPS) is 11.7. The van der Waals surface area contributed by atoms with Gasteiger partial charge in [-0.05, 0) is 24.6 Å². The first kappa shape index (κ1) is 22.2. The number of nitrogens with zero attached hydrogens (tertiary/aromatic N) is 2. The molecule has 0 saturated heterocycles. The molecule has 0 radical (unpaired) electrons. The quantitative estimate of drug-likeness (QED) is 0.404. The van der Waals surface area contributed by atoms with E-state index in [1.165, 1.54) is 0 Å². The predicted molar refractivity (Wildman–Crippen MR) is 114 cm³/mol. The van der Waals surface area contributed by atoms with Crippen LogP contribution in [0.25, 0.3) is 0 Å². The second-order valence-corrected chi connectivity index (χ2v) is 7.39. The molecule has 0 aliphatic rings. The lowest BCUT2D eigenvalue weighted by Gasteiger charge is -2.13. The van der Waals surface area contributed by atoms with Crippen LogP contribution in [-0.2, 0) is 18.5 Å². The molecule has 7 nitrogen and oxygen atoms in total. The van der Waals surface area contributed by atoms with Gasteiger partial charge < -0.3 is 24.5 Å².